The van der Waals surface area contributed by atoms with Gasteiger partial charge in [0.05, 0.1) is 27.6 Å². The molecular weight excluding hydrogens is 508 g/mol. The maximum Gasteiger partial charge on any atom is 0.335 e. The van der Waals surface area contributed by atoms with Gasteiger partial charge in [-0.2, -0.15) is 0 Å². The Morgan fingerprint density at radius 1 is 0.975 bits per heavy atom. The lowest BCUT2D eigenvalue weighted by Gasteiger charge is -2.27. The van der Waals surface area contributed by atoms with E-state index in [-0.39, 0.29) is 22.2 Å². The third-order valence-corrected chi connectivity index (χ3v) is 8.20. The molecule has 1 unspecified atom stereocenters. The Hall–Kier alpha value is -4.40. The first-order valence-electron chi connectivity index (χ1n) is 14.0. The predicted molar refractivity (Wildman–Crippen MR) is 153 cm³/mol. The van der Waals surface area contributed by atoms with Crippen molar-refractivity contribution in [3.05, 3.63) is 82.4 Å². The van der Waals surface area contributed by atoms with Crippen molar-refractivity contribution in [1.82, 2.24) is 9.55 Å². The fourth-order valence-corrected chi connectivity index (χ4v) is 6.15. The molecule has 1 atom stereocenters. The number of nitrogens with zero attached hydrogens (tertiary/aromatic N) is 4. The van der Waals surface area contributed by atoms with E-state index in [1.807, 2.05) is 42.5 Å². The van der Waals surface area contributed by atoms with Gasteiger partial charge in [-0.15, -0.1) is 0 Å². The van der Waals surface area contributed by atoms with Crippen molar-refractivity contribution >= 4 is 28.4 Å². The van der Waals surface area contributed by atoms with Crippen LogP contribution in [0.1, 0.15) is 61.3 Å². The minimum absolute atomic E-state index is 0.0928. The molecular formula is C31H32N4O5. The highest BCUT2D eigenvalue weighted by molar-refractivity contribution is 5.93. The maximum atomic E-state index is 11.6. The van der Waals surface area contributed by atoms with Crippen LogP contribution in [0, 0.1) is 10.1 Å². The van der Waals surface area contributed by atoms with Crippen molar-refractivity contribution in [3.8, 4) is 17.1 Å². The zero-order valence-corrected chi connectivity index (χ0v) is 22.2. The van der Waals surface area contributed by atoms with Crippen molar-refractivity contribution < 1.29 is 19.6 Å². The summed E-state index contributed by atoms with van der Waals surface area (Å²) in [6, 6.07) is 20.4. The summed E-state index contributed by atoms with van der Waals surface area (Å²) in [5.41, 5.74) is 3.95. The van der Waals surface area contributed by atoms with E-state index in [1.54, 1.807) is 24.3 Å². The van der Waals surface area contributed by atoms with Gasteiger partial charge < -0.3 is 19.3 Å². The van der Waals surface area contributed by atoms with Crippen molar-refractivity contribution in [2.24, 2.45) is 0 Å². The highest BCUT2D eigenvalue weighted by Gasteiger charge is 2.26. The van der Waals surface area contributed by atoms with Gasteiger partial charge >= 0.3 is 5.97 Å². The van der Waals surface area contributed by atoms with Crippen LogP contribution in [0.5, 0.6) is 5.75 Å². The van der Waals surface area contributed by atoms with Crippen molar-refractivity contribution in [3.63, 3.8) is 0 Å². The van der Waals surface area contributed by atoms with Crippen LogP contribution < -0.4 is 9.64 Å². The van der Waals surface area contributed by atoms with E-state index in [9.17, 15) is 20.0 Å². The first-order chi connectivity index (χ1) is 19.5. The van der Waals surface area contributed by atoms with E-state index in [4.69, 9.17) is 9.72 Å². The number of nitro groups is 1. The third kappa shape index (κ3) is 5.11. The fourth-order valence-electron chi connectivity index (χ4n) is 6.15. The maximum absolute atomic E-state index is 11.6. The Labute approximate surface area is 232 Å². The number of benzene rings is 3. The van der Waals surface area contributed by atoms with Crippen LogP contribution in [0.4, 0.5) is 11.4 Å². The molecule has 1 aromatic heterocycles. The van der Waals surface area contributed by atoms with Crippen LogP contribution >= 0.6 is 0 Å². The smallest absolute Gasteiger partial charge is 0.335 e. The average Bonchev–Trinajstić information content (AvgIpc) is 3.61. The van der Waals surface area contributed by atoms with Gasteiger partial charge in [0.1, 0.15) is 18.2 Å². The second kappa shape index (κ2) is 11.0. The van der Waals surface area contributed by atoms with E-state index in [0.29, 0.717) is 18.2 Å². The van der Waals surface area contributed by atoms with E-state index in [1.165, 1.54) is 19.3 Å². The molecule has 2 heterocycles. The Morgan fingerprint density at radius 3 is 2.42 bits per heavy atom. The number of rotatable bonds is 8. The molecule has 3 aromatic carbocycles. The van der Waals surface area contributed by atoms with E-state index in [2.05, 4.69) is 9.47 Å². The SMILES string of the molecule is O=C(O)c1ccc2c(c1)nc(-c1ccc(OCC3CCCN3c3ccc([N+](=O)[O-])cc3)cc1)n2C1CCCCC1. The molecule has 1 saturated heterocycles. The number of hydrogen-bond donors (Lipinski definition) is 1. The monoisotopic (exact) mass is 540 g/mol. The number of fused-ring (bicyclic) bond motifs is 1. The first kappa shape index (κ1) is 25.9. The number of carboxylic acid groups (broad SMARTS) is 1. The summed E-state index contributed by atoms with van der Waals surface area (Å²) in [6.07, 6.45) is 7.84. The van der Waals surface area contributed by atoms with Gasteiger partial charge in [-0.25, -0.2) is 9.78 Å². The number of aromatic carboxylic acids is 1. The van der Waals surface area contributed by atoms with Gasteiger partial charge in [0.2, 0.25) is 0 Å². The van der Waals surface area contributed by atoms with Crippen LogP contribution in [0.2, 0.25) is 0 Å². The van der Waals surface area contributed by atoms with Crippen LogP contribution in [0.3, 0.4) is 0 Å². The zero-order chi connectivity index (χ0) is 27.6. The molecule has 9 nitrogen and oxygen atoms in total. The Bertz CT molecular complexity index is 1520. The quantitative estimate of drug-likeness (QED) is 0.192. The number of carbonyl (C=O) groups is 1. The molecule has 1 aliphatic heterocycles. The predicted octanol–water partition coefficient (Wildman–Crippen LogP) is 6.86. The normalized spacial score (nSPS) is 17.8. The number of imidazole rings is 1. The number of hydrogen-bond acceptors (Lipinski definition) is 6. The van der Waals surface area contributed by atoms with Gasteiger partial charge in [-0.05, 0) is 80.3 Å². The zero-order valence-electron chi connectivity index (χ0n) is 22.2. The number of non-ortho nitro benzene ring substituents is 1. The van der Waals surface area contributed by atoms with E-state index >= 15 is 0 Å². The van der Waals surface area contributed by atoms with Gasteiger partial charge in [0.15, 0.2) is 0 Å². The summed E-state index contributed by atoms with van der Waals surface area (Å²) < 4.78 is 8.50. The minimum Gasteiger partial charge on any atom is -0.491 e. The molecule has 4 aromatic rings. The topological polar surface area (TPSA) is 111 Å². The van der Waals surface area contributed by atoms with Gasteiger partial charge in [-0.3, -0.25) is 10.1 Å². The van der Waals surface area contributed by atoms with Gasteiger partial charge in [-0.1, -0.05) is 19.3 Å². The lowest BCUT2D eigenvalue weighted by molar-refractivity contribution is -0.384. The number of anilines is 1. The molecule has 206 valence electrons. The molecule has 1 aliphatic carbocycles. The molecule has 1 saturated carbocycles. The molecule has 1 N–H and O–H groups in total. The number of carboxylic acids is 1. The lowest BCUT2D eigenvalue weighted by atomic mass is 9.95. The minimum atomic E-state index is -0.952. The molecule has 9 heteroatoms. The van der Waals surface area contributed by atoms with Crippen LogP contribution in [0.15, 0.2) is 66.7 Å². The van der Waals surface area contributed by atoms with Crippen molar-refractivity contribution in [1.29, 1.82) is 0 Å². The van der Waals surface area contributed by atoms with E-state index < -0.39 is 5.97 Å². The summed E-state index contributed by atoms with van der Waals surface area (Å²) in [5.74, 6) is 0.676. The molecule has 2 fully saturated rings. The van der Waals surface area contributed by atoms with Crippen molar-refractivity contribution in [2.75, 3.05) is 18.1 Å². The second-order valence-electron chi connectivity index (χ2n) is 10.7. The van der Waals surface area contributed by atoms with Crippen molar-refractivity contribution in [2.45, 2.75) is 57.0 Å². The second-order valence-corrected chi connectivity index (χ2v) is 10.7. The molecule has 0 spiro atoms. The molecule has 0 amide bonds. The van der Waals surface area contributed by atoms with Crippen LogP contribution in [-0.4, -0.2) is 44.7 Å². The van der Waals surface area contributed by atoms with Gasteiger partial charge in [0.25, 0.3) is 5.69 Å². The number of nitro benzene ring substituents is 1. The van der Waals surface area contributed by atoms with E-state index in [0.717, 1.165) is 60.6 Å². The largest absolute Gasteiger partial charge is 0.491 e. The summed E-state index contributed by atoms with van der Waals surface area (Å²) in [7, 11) is 0. The summed E-state index contributed by atoms with van der Waals surface area (Å²) >= 11 is 0. The van der Waals surface area contributed by atoms with Gasteiger partial charge in [0, 0.05) is 36.0 Å². The summed E-state index contributed by atoms with van der Waals surface area (Å²) in [5, 5.41) is 20.5. The highest BCUT2D eigenvalue weighted by atomic mass is 16.6. The molecule has 0 radical (unpaired) electrons. The average molecular weight is 541 g/mol. The third-order valence-electron chi connectivity index (χ3n) is 8.20. The Kier molecular flexibility index (Phi) is 7.11. The number of aromatic nitrogens is 2. The molecule has 6 rings (SSSR count). The highest BCUT2D eigenvalue weighted by Crippen LogP contribution is 2.37. The molecule has 40 heavy (non-hydrogen) atoms. The number of ether oxygens (including phenoxy) is 1. The Balaban J connectivity index is 1.21. The van der Waals surface area contributed by atoms with Crippen LogP contribution in [0.25, 0.3) is 22.4 Å². The lowest BCUT2D eigenvalue weighted by Crippen LogP contribution is -2.34. The van der Waals surface area contributed by atoms with Crippen LogP contribution in [-0.2, 0) is 0 Å². The first-order valence-corrected chi connectivity index (χ1v) is 14.0. The summed E-state index contributed by atoms with van der Waals surface area (Å²) in [4.78, 5) is 29.4. The molecule has 0 bridgehead atoms. The summed E-state index contributed by atoms with van der Waals surface area (Å²) in [6.45, 7) is 1.42. The fraction of sp³-hybridized carbons (Fsp3) is 0.355. The Morgan fingerprint density at radius 2 is 1.73 bits per heavy atom. The molecule has 2 aliphatic rings. The standard InChI is InChI=1S/C31H32N4O5/c36-31(37)22-10-17-29-28(19-22)32-30(34(29)24-5-2-1-3-6-24)21-8-15-27(16-9-21)40-20-26-7-4-18-33(26)23-11-13-25(14-12-23)35(38)39/h8-17,19,24,26H,1-7,18,20H2,(H,36,37).